The van der Waals surface area contributed by atoms with Gasteiger partial charge in [0.1, 0.15) is 5.75 Å². The average molecular weight is 293 g/mol. The Labute approximate surface area is 122 Å². The number of hydrogen-bond acceptors (Lipinski definition) is 3. The van der Waals surface area contributed by atoms with E-state index >= 15 is 0 Å². The summed E-state index contributed by atoms with van der Waals surface area (Å²) in [6, 6.07) is 12.5. The van der Waals surface area contributed by atoms with E-state index in [0.717, 1.165) is 17.7 Å². The van der Waals surface area contributed by atoms with Crippen molar-refractivity contribution in [2.45, 2.75) is 12.0 Å². The third kappa shape index (κ3) is 3.77. The van der Waals surface area contributed by atoms with Crippen LogP contribution in [0.3, 0.4) is 0 Å². The lowest BCUT2D eigenvalue weighted by Crippen LogP contribution is -2.41. The second-order valence-electron chi connectivity index (χ2n) is 4.85. The number of hydrogen-bond donors (Lipinski definition) is 2. The van der Waals surface area contributed by atoms with E-state index in [2.05, 4.69) is 0 Å². The lowest BCUT2D eigenvalue weighted by molar-refractivity contribution is 0.162. The normalized spacial score (nSPS) is 13.7. The molecule has 0 heterocycles. The molecule has 0 aliphatic heterocycles. The summed E-state index contributed by atoms with van der Waals surface area (Å²) in [6.45, 7) is -0.0603. The minimum atomic E-state index is -0.961. The van der Waals surface area contributed by atoms with Crippen LogP contribution in [-0.4, -0.2) is 18.3 Å². The monoisotopic (exact) mass is 293 g/mol. The highest BCUT2D eigenvalue weighted by atomic mass is 19.2. The predicted octanol–water partition coefficient (Wildman–Crippen LogP) is 2.58. The molecule has 1 unspecified atom stereocenters. The molecule has 0 saturated heterocycles. The van der Waals surface area contributed by atoms with Gasteiger partial charge >= 0.3 is 0 Å². The van der Waals surface area contributed by atoms with Crippen molar-refractivity contribution >= 4 is 0 Å². The molecule has 0 amide bonds. The molecule has 0 radical (unpaired) electrons. The Kier molecular flexibility index (Phi) is 4.88. The number of ether oxygens (including phenoxy) is 1. The van der Waals surface area contributed by atoms with E-state index in [1.165, 1.54) is 6.07 Å². The highest BCUT2D eigenvalue weighted by Crippen LogP contribution is 2.22. The summed E-state index contributed by atoms with van der Waals surface area (Å²) in [7, 11) is 0. The number of benzene rings is 2. The molecule has 1 atom stereocenters. The van der Waals surface area contributed by atoms with E-state index in [0.29, 0.717) is 6.42 Å². The molecule has 2 aromatic carbocycles. The van der Waals surface area contributed by atoms with Crippen LogP contribution in [0.4, 0.5) is 8.78 Å². The van der Waals surface area contributed by atoms with Gasteiger partial charge in [0.25, 0.3) is 0 Å². The summed E-state index contributed by atoms with van der Waals surface area (Å²) in [5.74, 6) is -1.66. The van der Waals surface area contributed by atoms with Crippen molar-refractivity contribution in [3.05, 3.63) is 65.7 Å². The maximum Gasteiger partial charge on any atom is 0.162 e. The second kappa shape index (κ2) is 6.65. The van der Waals surface area contributed by atoms with Gasteiger partial charge in [0, 0.05) is 12.5 Å². The molecule has 0 spiro atoms. The molecule has 3 nitrogen and oxygen atoms in total. The predicted molar refractivity (Wildman–Crippen MR) is 75.9 cm³/mol. The Morgan fingerprint density at radius 3 is 2.38 bits per heavy atom. The van der Waals surface area contributed by atoms with Crippen LogP contribution < -0.4 is 10.5 Å². The molecule has 21 heavy (non-hydrogen) atoms. The van der Waals surface area contributed by atoms with Gasteiger partial charge in [-0.1, -0.05) is 30.3 Å². The van der Waals surface area contributed by atoms with Crippen LogP contribution >= 0.6 is 0 Å². The number of nitrogens with two attached hydrogens (primary N) is 1. The highest BCUT2D eigenvalue weighted by molar-refractivity contribution is 5.25. The van der Waals surface area contributed by atoms with E-state index in [9.17, 15) is 13.9 Å². The number of aliphatic hydroxyl groups excluding tert-OH is 1. The SMILES string of the molecule is NC(CO)(CCOc1ccc(F)c(F)c1)c1ccccc1. The van der Waals surface area contributed by atoms with Gasteiger partial charge in [-0.05, 0) is 17.7 Å². The van der Waals surface area contributed by atoms with E-state index in [4.69, 9.17) is 10.5 Å². The van der Waals surface area contributed by atoms with Gasteiger partial charge in [-0.2, -0.15) is 0 Å². The Hall–Kier alpha value is -1.98. The standard InChI is InChI=1S/C16H17F2NO2/c17-14-7-6-13(10-15(14)18)21-9-8-16(19,11-20)12-4-2-1-3-5-12/h1-7,10,20H,8-9,11,19H2. The third-order valence-corrected chi connectivity index (χ3v) is 3.34. The van der Waals surface area contributed by atoms with Crippen LogP contribution in [0.2, 0.25) is 0 Å². The summed E-state index contributed by atoms with van der Waals surface area (Å²) >= 11 is 0. The van der Waals surface area contributed by atoms with Crippen molar-refractivity contribution in [2.75, 3.05) is 13.2 Å². The van der Waals surface area contributed by atoms with Crippen molar-refractivity contribution in [1.82, 2.24) is 0 Å². The maximum absolute atomic E-state index is 13.1. The first-order chi connectivity index (χ1) is 10.0. The van der Waals surface area contributed by atoms with E-state index in [1.807, 2.05) is 30.3 Å². The largest absolute Gasteiger partial charge is 0.493 e. The summed E-state index contributed by atoms with van der Waals surface area (Å²) in [6.07, 6.45) is 0.340. The first-order valence-corrected chi connectivity index (χ1v) is 6.58. The molecule has 0 saturated carbocycles. The molecule has 0 aliphatic rings. The molecule has 2 rings (SSSR count). The number of halogens is 2. The van der Waals surface area contributed by atoms with E-state index < -0.39 is 17.2 Å². The van der Waals surface area contributed by atoms with Crippen molar-refractivity contribution in [3.8, 4) is 5.75 Å². The fraction of sp³-hybridized carbons (Fsp3) is 0.250. The summed E-state index contributed by atoms with van der Waals surface area (Å²) in [5.41, 5.74) is 6.03. The van der Waals surface area contributed by atoms with Crippen LogP contribution in [0.25, 0.3) is 0 Å². The van der Waals surface area contributed by atoms with Crippen LogP contribution in [0.1, 0.15) is 12.0 Å². The summed E-state index contributed by atoms with van der Waals surface area (Å²) in [5, 5.41) is 9.53. The quantitative estimate of drug-likeness (QED) is 0.860. The van der Waals surface area contributed by atoms with Crippen molar-refractivity contribution < 1.29 is 18.6 Å². The minimum absolute atomic E-state index is 0.178. The lowest BCUT2D eigenvalue weighted by Gasteiger charge is -2.27. The number of aliphatic hydroxyl groups is 1. The van der Waals surface area contributed by atoms with Gasteiger partial charge in [0.05, 0.1) is 18.8 Å². The number of rotatable bonds is 6. The average Bonchev–Trinajstić information content (AvgIpc) is 2.51. The second-order valence-corrected chi connectivity index (χ2v) is 4.85. The van der Waals surface area contributed by atoms with Crippen molar-refractivity contribution in [3.63, 3.8) is 0 Å². The van der Waals surface area contributed by atoms with Gasteiger partial charge in [0.15, 0.2) is 11.6 Å². The molecule has 0 bridgehead atoms. The molecule has 0 fully saturated rings. The topological polar surface area (TPSA) is 55.5 Å². The fourth-order valence-corrected chi connectivity index (χ4v) is 2.00. The van der Waals surface area contributed by atoms with Crippen LogP contribution in [0.15, 0.2) is 48.5 Å². The molecular weight excluding hydrogens is 276 g/mol. The van der Waals surface area contributed by atoms with E-state index in [1.54, 1.807) is 0 Å². The molecule has 3 N–H and O–H groups in total. The lowest BCUT2D eigenvalue weighted by atomic mass is 9.89. The van der Waals surface area contributed by atoms with Gasteiger partial charge < -0.3 is 15.6 Å². The molecule has 0 aromatic heterocycles. The smallest absolute Gasteiger partial charge is 0.162 e. The van der Waals surface area contributed by atoms with Crippen LogP contribution in [0, 0.1) is 11.6 Å². The van der Waals surface area contributed by atoms with Gasteiger partial charge in [-0.3, -0.25) is 0 Å². The zero-order chi connectivity index (χ0) is 15.3. The zero-order valence-corrected chi connectivity index (χ0v) is 11.4. The van der Waals surface area contributed by atoms with Gasteiger partial charge in [-0.15, -0.1) is 0 Å². The van der Waals surface area contributed by atoms with E-state index in [-0.39, 0.29) is 19.0 Å². The van der Waals surface area contributed by atoms with Crippen LogP contribution in [0.5, 0.6) is 5.75 Å². The minimum Gasteiger partial charge on any atom is -0.493 e. The first kappa shape index (κ1) is 15.4. The summed E-state index contributed by atoms with van der Waals surface area (Å²) < 4.78 is 31.2. The zero-order valence-electron chi connectivity index (χ0n) is 11.4. The van der Waals surface area contributed by atoms with Crippen LogP contribution in [-0.2, 0) is 5.54 Å². The fourth-order valence-electron chi connectivity index (χ4n) is 2.00. The Bertz CT molecular complexity index is 592. The Morgan fingerprint density at radius 1 is 1.05 bits per heavy atom. The Balaban J connectivity index is 1.99. The molecule has 112 valence electrons. The third-order valence-electron chi connectivity index (χ3n) is 3.34. The molecular formula is C16H17F2NO2. The first-order valence-electron chi connectivity index (χ1n) is 6.58. The van der Waals surface area contributed by atoms with Gasteiger partial charge in [-0.25, -0.2) is 8.78 Å². The van der Waals surface area contributed by atoms with Crippen molar-refractivity contribution in [1.29, 1.82) is 0 Å². The Morgan fingerprint density at radius 2 is 1.76 bits per heavy atom. The maximum atomic E-state index is 13.1. The molecule has 0 aliphatic carbocycles. The molecule has 5 heteroatoms. The highest BCUT2D eigenvalue weighted by Gasteiger charge is 2.26. The summed E-state index contributed by atoms with van der Waals surface area (Å²) in [4.78, 5) is 0. The molecule has 2 aromatic rings. The van der Waals surface area contributed by atoms with Crippen molar-refractivity contribution in [2.24, 2.45) is 5.73 Å². The van der Waals surface area contributed by atoms with Gasteiger partial charge in [0.2, 0.25) is 0 Å².